The number of nitrogens with zero attached hydrogens (tertiary/aromatic N) is 1. The lowest BCUT2D eigenvalue weighted by Gasteiger charge is -2.42. The van der Waals surface area contributed by atoms with Gasteiger partial charge in [0.2, 0.25) is 5.91 Å². The molecule has 0 bridgehead atoms. The molecular weight excluding hydrogens is 447 g/mol. The zero-order valence-electron chi connectivity index (χ0n) is 21.8. The summed E-state index contributed by atoms with van der Waals surface area (Å²) in [6, 6.07) is 3.77. The molecule has 1 aliphatic heterocycles. The largest absolute Gasteiger partial charge is 0.383 e. The summed E-state index contributed by atoms with van der Waals surface area (Å²) in [6.45, 7) is 9.55. The Hall–Kier alpha value is -2.28. The van der Waals surface area contributed by atoms with E-state index in [0.717, 1.165) is 32.1 Å². The van der Waals surface area contributed by atoms with E-state index in [2.05, 4.69) is 5.32 Å². The fraction of sp³-hybridized carbons (Fsp3) is 0.679. The van der Waals surface area contributed by atoms with Crippen molar-refractivity contribution in [2.75, 3.05) is 13.1 Å². The second kappa shape index (κ2) is 10.8. The van der Waals surface area contributed by atoms with Crippen LogP contribution < -0.4 is 5.32 Å². The molecule has 2 atom stereocenters. The molecule has 2 N–H and O–H groups in total. The van der Waals surface area contributed by atoms with Crippen molar-refractivity contribution in [1.29, 1.82) is 0 Å². The number of aliphatic hydroxyl groups is 1. The number of piperidine rings is 1. The Morgan fingerprint density at radius 2 is 1.77 bits per heavy atom. The van der Waals surface area contributed by atoms with Crippen LogP contribution in [-0.2, 0) is 15.2 Å². The third-order valence-electron chi connectivity index (χ3n) is 7.43. The van der Waals surface area contributed by atoms with Crippen LogP contribution in [0, 0.1) is 23.1 Å². The molecule has 35 heavy (non-hydrogen) atoms. The summed E-state index contributed by atoms with van der Waals surface area (Å²) in [5, 5.41) is 14.3. The summed E-state index contributed by atoms with van der Waals surface area (Å²) in [6.07, 6.45) is 5.70. The Bertz CT molecular complexity index is 949. The second-order valence-corrected chi connectivity index (χ2v) is 11.7. The van der Waals surface area contributed by atoms with Crippen molar-refractivity contribution in [2.45, 2.75) is 91.2 Å². The number of hydrogen-bond donors (Lipinski definition) is 2. The molecule has 2 aliphatic rings. The van der Waals surface area contributed by atoms with Crippen LogP contribution in [0.5, 0.6) is 0 Å². The molecule has 2 fully saturated rings. The molecule has 6 nitrogen and oxygen atoms in total. The molecule has 3 rings (SSSR count). The molecule has 194 valence electrons. The van der Waals surface area contributed by atoms with E-state index in [0.29, 0.717) is 19.4 Å². The Morgan fingerprint density at radius 1 is 1.11 bits per heavy atom. The first-order valence-electron chi connectivity index (χ1n) is 13.0. The topological polar surface area (TPSA) is 86.7 Å². The van der Waals surface area contributed by atoms with Gasteiger partial charge in [0.1, 0.15) is 11.4 Å². The standard InChI is InChI=1S/C28H41FN2O4/c1-18(2)24(32)23(19-11-7-6-8-12-19)30-25(33)20-13-9-14-21(22(20)29)28(35)15-10-16-31(17-28)26(34)27(3,4)5/h9,13-14,18-19,23,35H,6-8,10-12,15-17H2,1-5H3,(H,30,33)/t23-,28-/m1/s1. The van der Waals surface area contributed by atoms with E-state index in [9.17, 15) is 19.5 Å². The smallest absolute Gasteiger partial charge is 0.254 e. The minimum absolute atomic E-state index is 0.0148. The van der Waals surface area contributed by atoms with Gasteiger partial charge in [-0.15, -0.1) is 0 Å². The monoisotopic (exact) mass is 488 g/mol. The number of halogens is 1. The van der Waals surface area contributed by atoms with E-state index in [1.54, 1.807) is 11.0 Å². The van der Waals surface area contributed by atoms with Crippen molar-refractivity contribution in [3.8, 4) is 0 Å². The van der Waals surface area contributed by atoms with Crippen molar-refractivity contribution < 1.29 is 23.9 Å². The fourth-order valence-corrected chi connectivity index (χ4v) is 5.44. The normalized spacial score (nSPS) is 22.7. The number of carbonyl (C=O) groups excluding carboxylic acids is 3. The SMILES string of the molecule is CC(C)C(=O)[C@H](NC(=O)c1cccc([C@@]2(O)CCCN(C(=O)C(C)(C)C)C2)c1F)C1CCCCC1. The first kappa shape index (κ1) is 27.3. The second-order valence-electron chi connectivity index (χ2n) is 11.7. The van der Waals surface area contributed by atoms with E-state index < -0.39 is 28.8 Å². The molecule has 1 heterocycles. The molecular formula is C28H41FN2O4. The van der Waals surface area contributed by atoms with Gasteiger partial charge >= 0.3 is 0 Å². The minimum atomic E-state index is -1.59. The molecule has 1 saturated carbocycles. The van der Waals surface area contributed by atoms with Crippen molar-refractivity contribution in [1.82, 2.24) is 10.2 Å². The molecule has 1 aliphatic carbocycles. The van der Waals surface area contributed by atoms with Crippen LogP contribution in [0.25, 0.3) is 0 Å². The van der Waals surface area contributed by atoms with E-state index >= 15 is 4.39 Å². The van der Waals surface area contributed by atoms with Crippen molar-refractivity contribution in [2.24, 2.45) is 17.3 Å². The number of hydrogen-bond acceptors (Lipinski definition) is 4. The van der Waals surface area contributed by atoms with Gasteiger partial charge in [-0.25, -0.2) is 4.39 Å². The van der Waals surface area contributed by atoms with Gasteiger partial charge in [0.05, 0.1) is 18.2 Å². The number of nitrogens with one attached hydrogen (secondary N) is 1. The third-order valence-corrected chi connectivity index (χ3v) is 7.43. The van der Waals surface area contributed by atoms with Crippen LogP contribution in [0.4, 0.5) is 4.39 Å². The minimum Gasteiger partial charge on any atom is -0.383 e. The maximum atomic E-state index is 15.8. The Morgan fingerprint density at radius 3 is 2.37 bits per heavy atom. The van der Waals surface area contributed by atoms with Gasteiger partial charge in [-0.1, -0.05) is 66.0 Å². The summed E-state index contributed by atoms with van der Waals surface area (Å²) in [7, 11) is 0. The van der Waals surface area contributed by atoms with Gasteiger partial charge < -0.3 is 15.3 Å². The first-order chi connectivity index (χ1) is 16.3. The highest BCUT2D eigenvalue weighted by atomic mass is 19.1. The lowest BCUT2D eigenvalue weighted by atomic mass is 9.80. The van der Waals surface area contributed by atoms with Gasteiger partial charge in [-0.05, 0) is 37.7 Å². The molecule has 1 aromatic rings. The average molecular weight is 489 g/mol. The number of rotatable bonds is 6. The van der Waals surface area contributed by atoms with Crippen LogP contribution in [0.1, 0.15) is 95.5 Å². The molecule has 0 unspecified atom stereocenters. The maximum absolute atomic E-state index is 15.8. The molecule has 1 aromatic carbocycles. The van der Waals surface area contributed by atoms with Gasteiger partial charge in [0, 0.05) is 23.4 Å². The highest BCUT2D eigenvalue weighted by molar-refractivity contribution is 5.98. The quantitative estimate of drug-likeness (QED) is 0.613. The first-order valence-corrected chi connectivity index (χ1v) is 13.0. The fourth-order valence-electron chi connectivity index (χ4n) is 5.44. The zero-order chi connectivity index (χ0) is 26.0. The maximum Gasteiger partial charge on any atom is 0.254 e. The van der Waals surface area contributed by atoms with Crippen molar-refractivity contribution in [3.05, 3.63) is 35.1 Å². The molecule has 0 spiro atoms. The Labute approximate surface area is 208 Å². The van der Waals surface area contributed by atoms with Crippen LogP contribution >= 0.6 is 0 Å². The number of ketones is 1. The van der Waals surface area contributed by atoms with Crippen LogP contribution in [0.2, 0.25) is 0 Å². The third kappa shape index (κ3) is 6.11. The van der Waals surface area contributed by atoms with Gasteiger partial charge in [-0.3, -0.25) is 14.4 Å². The van der Waals surface area contributed by atoms with E-state index in [1.165, 1.54) is 12.1 Å². The van der Waals surface area contributed by atoms with Crippen molar-refractivity contribution >= 4 is 17.6 Å². The highest BCUT2D eigenvalue weighted by Gasteiger charge is 2.42. The molecule has 2 amide bonds. The molecule has 0 aromatic heterocycles. The molecule has 0 radical (unpaired) electrons. The zero-order valence-corrected chi connectivity index (χ0v) is 21.8. The molecule has 1 saturated heterocycles. The average Bonchev–Trinajstić information content (AvgIpc) is 2.81. The summed E-state index contributed by atoms with van der Waals surface area (Å²) in [5.74, 6) is -1.77. The number of Topliss-reactive ketones (excluding diaryl/α,β-unsaturated/α-hetero) is 1. The van der Waals surface area contributed by atoms with Gasteiger partial charge in [-0.2, -0.15) is 0 Å². The van der Waals surface area contributed by atoms with E-state index in [-0.39, 0.29) is 41.2 Å². The van der Waals surface area contributed by atoms with Crippen molar-refractivity contribution in [3.63, 3.8) is 0 Å². The summed E-state index contributed by atoms with van der Waals surface area (Å²) in [5.41, 5.74) is -2.38. The number of benzene rings is 1. The summed E-state index contributed by atoms with van der Waals surface area (Å²) >= 11 is 0. The summed E-state index contributed by atoms with van der Waals surface area (Å²) < 4.78 is 15.8. The van der Waals surface area contributed by atoms with Crippen LogP contribution in [0.3, 0.4) is 0 Å². The van der Waals surface area contributed by atoms with Gasteiger partial charge in [0.15, 0.2) is 5.78 Å². The lowest BCUT2D eigenvalue weighted by Crippen LogP contribution is -2.52. The van der Waals surface area contributed by atoms with E-state index in [1.807, 2.05) is 34.6 Å². The van der Waals surface area contributed by atoms with Crippen LogP contribution in [-0.4, -0.2) is 46.7 Å². The number of β-amino-alcohol motifs (C(OH)–C–C–N with tert-alkyl or cyclic N) is 1. The van der Waals surface area contributed by atoms with Gasteiger partial charge in [0.25, 0.3) is 5.91 Å². The van der Waals surface area contributed by atoms with Crippen LogP contribution in [0.15, 0.2) is 18.2 Å². The number of carbonyl (C=O) groups is 3. The number of amides is 2. The Kier molecular flexibility index (Phi) is 8.40. The summed E-state index contributed by atoms with van der Waals surface area (Å²) in [4.78, 5) is 40.6. The Balaban J connectivity index is 1.86. The number of likely N-dealkylation sites (tertiary alicyclic amines) is 1. The predicted molar refractivity (Wildman–Crippen MR) is 133 cm³/mol. The lowest BCUT2D eigenvalue weighted by molar-refractivity contribution is -0.147. The highest BCUT2D eigenvalue weighted by Crippen LogP contribution is 2.36. The van der Waals surface area contributed by atoms with E-state index in [4.69, 9.17) is 0 Å². The predicted octanol–water partition coefficient (Wildman–Crippen LogP) is 4.59. The molecule has 7 heteroatoms.